The highest BCUT2D eigenvalue weighted by atomic mass is 16.6. The van der Waals surface area contributed by atoms with Gasteiger partial charge in [0.1, 0.15) is 0 Å². The molecule has 0 aromatic carbocycles. The minimum absolute atomic E-state index is 0.150. The summed E-state index contributed by atoms with van der Waals surface area (Å²) >= 11 is 0. The fourth-order valence-corrected chi connectivity index (χ4v) is 1.69. The standard InChI is InChI=1S/C11H22O5/c1-5-10(15-4)9(6-12)7(2)11(14)16-8(3)13/h7-10,12-13H,5-6H2,1-4H3. The van der Waals surface area contributed by atoms with Crippen molar-refractivity contribution < 1.29 is 24.5 Å². The van der Waals surface area contributed by atoms with E-state index in [2.05, 4.69) is 4.74 Å². The van der Waals surface area contributed by atoms with Crippen LogP contribution >= 0.6 is 0 Å². The zero-order chi connectivity index (χ0) is 12.7. The second kappa shape index (κ2) is 7.60. The van der Waals surface area contributed by atoms with E-state index in [1.807, 2.05) is 6.92 Å². The molecule has 0 fully saturated rings. The molecule has 4 atom stereocenters. The number of hydrogen-bond acceptors (Lipinski definition) is 5. The lowest BCUT2D eigenvalue weighted by atomic mass is 9.88. The van der Waals surface area contributed by atoms with Crippen LogP contribution in [-0.2, 0) is 14.3 Å². The van der Waals surface area contributed by atoms with Gasteiger partial charge in [0.25, 0.3) is 0 Å². The number of aliphatic hydroxyl groups is 2. The van der Waals surface area contributed by atoms with E-state index in [1.54, 1.807) is 14.0 Å². The van der Waals surface area contributed by atoms with Gasteiger partial charge in [0.2, 0.25) is 0 Å². The molecule has 0 saturated heterocycles. The van der Waals surface area contributed by atoms with Gasteiger partial charge in [0, 0.05) is 19.6 Å². The molecule has 0 rings (SSSR count). The predicted octanol–water partition coefficient (Wildman–Crippen LogP) is 0.538. The van der Waals surface area contributed by atoms with Gasteiger partial charge in [0.05, 0.1) is 12.0 Å². The van der Waals surface area contributed by atoms with Crippen molar-refractivity contribution >= 4 is 5.97 Å². The van der Waals surface area contributed by atoms with Crippen molar-refractivity contribution in [2.45, 2.75) is 39.6 Å². The molecule has 4 unspecified atom stereocenters. The van der Waals surface area contributed by atoms with Gasteiger partial charge in [0.15, 0.2) is 6.29 Å². The Morgan fingerprint density at radius 2 is 1.94 bits per heavy atom. The first kappa shape index (κ1) is 15.3. The molecule has 0 aliphatic rings. The second-order valence-electron chi connectivity index (χ2n) is 3.85. The maximum atomic E-state index is 11.5. The van der Waals surface area contributed by atoms with Crippen LogP contribution in [0.2, 0.25) is 0 Å². The second-order valence-corrected chi connectivity index (χ2v) is 3.85. The summed E-state index contributed by atoms with van der Waals surface area (Å²) in [5.74, 6) is -1.35. The lowest BCUT2D eigenvalue weighted by Crippen LogP contribution is -2.36. The summed E-state index contributed by atoms with van der Waals surface area (Å²) in [5.41, 5.74) is 0. The highest BCUT2D eigenvalue weighted by Gasteiger charge is 2.31. The SMILES string of the molecule is CCC(OC)C(CO)C(C)C(=O)OC(C)O. The topological polar surface area (TPSA) is 76.0 Å². The molecule has 16 heavy (non-hydrogen) atoms. The van der Waals surface area contributed by atoms with Gasteiger partial charge in [-0.25, -0.2) is 0 Å². The van der Waals surface area contributed by atoms with Crippen LogP contribution in [0.1, 0.15) is 27.2 Å². The summed E-state index contributed by atoms with van der Waals surface area (Å²) in [6.07, 6.45) is -0.618. The molecular weight excluding hydrogens is 212 g/mol. The number of carbonyl (C=O) groups is 1. The van der Waals surface area contributed by atoms with E-state index in [4.69, 9.17) is 9.84 Å². The molecule has 5 nitrogen and oxygen atoms in total. The van der Waals surface area contributed by atoms with Gasteiger partial charge >= 0.3 is 5.97 Å². The molecule has 0 aromatic rings. The first-order valence-corrected chi connectivity index (χ1v) is 5.50. The van der Waals surface area contributed by atoms with Crippen molar-refractivity contribution in [3.63, 3.8) is 0 Å². The van der Waals surface area contributed by atoms with Gasteiger partial charge in [-0.2, -0.15) is 0 Å². The maximum Gasteiger partial charge on any atom is 0.311 e. The molecule has 96 valence electrons. The van der Waals surface area contributed by atoms with E-state index >= 15 is 0 Å². The number of aliphatic hydroxyl groups excluding tert-OH is 2. The molecule has 0 spiro atoms. The fourth-order valence-electron chi connectivity index (χ4n) is 1.69. The van der Waals surface area contributed by atoms with Crippen LogP contribution in [0.5, 0.6) is 0 Å². The molecule has 0 heterocycles. The van der Waals surface area contributed by atoms with Crippen molar-refractivity contribution in [1.29, 1.82) is 0 Å². The van der Waals surface area contributed by atoms with Gasteiger partial charge in [-0.1, -0.05) is 13.8 Å². The average molecular weight is 234 g/mol. The van der Waals surface area contributed by atoms with E-state index < -0.39 is 18.2 Å². The van der Waals surface area contributed by atoms with E-state index in [-0.39, 0.29) is 18.6 Å². The Morgan fingerprint density at radius 1 is 1.38 bits per heavy atom. The Kier molecular flexibility index (Phi) is 7.29. The third-order valence-corrected chi connectivity index (χ3v) is 2.69. The summed E-state index contributed by atoms with van der Waals surface area (Å²) in [6.45, 7) is 4.80. The van der Waals surface area contributed by atoms with Gasteiger partial charge in [-0.3, -0.25) is 4.79 Å². The van der Waals surface area contributed by atoms with Crippen molar-refractivity contribution in [3.05, 3.63) is 0 Å². The van der Waals surface area contributed by atoms with Gasteiger partial charge in [-0.05, 0) is 13.3 Å². The molecule has 0 aliphatic carbocycles. The van der Waals surface area contributed by atoms with E-state index in [0.29, 0.717) is 6.42 Å². The minimum atomic E-state index is -1.13. The first-order valence-electron chi connectivity index (χ1n) is 5.50. The van der Waals surface area contributed by atoms with Crippen LogP contribution in [-0.4, -0.2) is 42.3 Å². The molecular formula is C11H22O5. The third-order valence-electron chi connectivity index (χ3n) is 2.69. The highest BCUT2D eigenvalue weighted by Crippen LogP contribution is 2.21. The molecule has 2 N–H and O–H groups in total. The van der Waals surface area contributed by atoms with Crippen molar-refractivity contribution in [1.82, 2.24) is 0 Å². The lowest BCUT2D eigenvalue weighted by molar-refractivity contribution is -0.174. The fraction of sp³-hybridized carbons (Fsp3) is 0.909. The average Bonchev–Trinajstić information content (AvgIpc) is 2.23. The van der Waals surface area contributed by atoms with Crippen LogP contribution in [0.15, 0.2) is 0 Å². The van der Waals surface area contributed by atoms with E-state index in [1.165, 1.54) is 6.92 Å². The summed E-state index contributed by atoms with van der Waals surface area (Å²) in [4.78, 5) is 11.5. The Balaban J connectivity index is 4.50. The molecule has 0 saturated carbocycles. The van der Waals surface area contributed by atoms with E-state index in [0.717, 1.165) is 0 Å². The number of esters is 1. The lowest BCUT2D eigenvalue weighted by Gasteiger charge is -2.27. The van der Waals surface area contributed by atoms with Crippen LogP contribution in [0.25, 0.3) is 0 Å². The number of methoxy groups -OCH3 is 1. The minimum Gasteiger partial charge on any atom is -0.436 e. The summed E-state index contributed by atoms with van der Waals surface area (Å²) in [6, 6.07) is 0. The number of ether oxygens (including phenoxy) is 2. The highest BCUT2D eigenvalue weighted by molar-refractivity contribution is 5.72. The number of carbonyl (C=O) groups excluding carboxylic acids is 1. The van der Waals surface area contributed by atoms with Crippen LogP contribution < -0.4 is 0 Å². The molecule has 5 heteroatoms. The third kappa shape index (κ3) is 4.47. The maximum absolute atomic E-state index is 11.5. The predicted molar refractivity (Wildman–Crippen MR) is 58.6 cm³/mol. The van der Waals surface area contributed by atoms with Crippen molar-refractivity contribution in [2.24, 2.45) is 11.8 Å². The Labute approximate surface area is 96.4 Å². The van der Waals surface area contributed by atoms with Crippen molar-refractivity contribution in [2.75, 3.05) is 13.7 Å². The number of hydrogen-bond donors (Lipinski definition) is 2. The monoisotopic (exact) mass is 234 g/mol. The van der Waals surface area contributed by atoms with E-state index in [9.17, 15) is 9.90 Å². The zero-order valence-corrected chi connectivity index (χ0v) is 10.3. The van der Waals surface area contributed by atoms with Gasteiger partial charge in [-0.15, -0.1) is 0 Å². The van der Waals surface area contributed by atoms with Crippen LogP contribution in [0.3, 0.4) is 0 Å². The normalized spacial score (nSPS) is 18.6. The molecule has 0 amide bonds. The summed E-state index contributed by atoms with van der Waals surface area (Å²) < 4.78 is 9.88. The van der Waals surface area contributed by atoms with Gasteiger partial charge < -0.3 is 19.7 Å². The Bertz CT molecular complexity index is 201. The largest absolute Gasteiger partial charge is 0.436 e. The zero-order valence-electron chi connectivity index (χ0n) is 10.3. The van der Waals surface area contributed by atoms with Crippen molar-refractivity contribution in [3.8, 4) is 0 Å². The molecule has 0 aliphatic heterocycles. The summed E-state index contributed by atoms with van der Waals surface area (Å²) in [7, 11) is 1.55. The quantitative estimate of drug-likeness (QED) is 0.496. The Morgan fingerprint density at radius 3 is 2.25 bits per heavy atom. The molecule has 0 radical (unpaired) electrons. The number of rotatable bonds is 7. The first-order chi connectivity index (χ1) is 7.47. The van der Waals surface area contributed by atoms with Crippen LogP contribution in [0.4, 0.5) is 0 Å². The summed E-state index contributed by atoms with van der Waals surface area (Å²) in [5, 5.41) is 18.2. The van der Waals surface area contributed by atoms with Crippen LogP contribution in [0, 0.1) is 11.8 Å². The molecule has 0 bridgehead atoms. The molecule has 0 aromatic heterocycles. The smallest absolute Gasteiger partial charge is 0.311 e. The Hall–Kier alpha value is -0.650.